The van der Waals surface area contributed by atoms with Crippen molar-refractivity contribution < 1.29 is 0 Å². The minimum Gasteiger partial charge on any atom is -0.330 e. The molecule has 3 heteroatoms. The summed E-state index contributed by atoms with van der Waals surface area (Å²) in [5.74, 6) is 0.541. The van der Waals surface area contributed by atoms with Crippen LogP contribution >= 0.6 is 0 Å². The van der Waals surface area contributed by atoms with Crippen LogP contribution in [-0.4, -0.2) is 30.0 Å². The molecule has 0 aliphatic heterocycles. The van der Waals surface area contributed by atoms with Gasteiger partial charge < -0.3 is 10.6 Å². The van der Waals surface area contributed by atoms with Gasteiger partial charge in [-0.3, -0.25) is 4.98 Å². The van der Waals surface area contributed by atoms with Crippen LogP contribution in [0.4, 0.5) is 0 Å². The van der Waals surface area contributed by atoms with Gasteiger partial charge in [0.2, 0.25) is 0 Å². The zero-order valence-electron chi connectivity index (χ0n) is 9.90. The Morgan fingerprint density at radius 2 is 2.20 bits per heavy atom. The average Bonchev–Trinajstić information content (AvgIpc) is 2.17. The van der Waals surface area contributed by atoms with Crippen molar-refractivity contribution in [3.63, 3.8) is 0 Å². The quantitative estimate of drug-likeness (QED) is 0.794. The maximum atomic E-state index is 5.60. The standard InChI is InChI=1S/C12H21N3/c1-10(7-13)8-15(3)9-12-6-4-5-11(2)14-12/h4-6,10H,7-9,13H2,1-3H3. The normalized spacial score (nSPS) is 13.1. The predicted octanol–water partition coefficient (Wildman–Crippen LogP) is 1.42. The Kier molecular flexibility index (Phi) is 4.72. The SMILES string of the molecule is Cc1cccc(CN(C)CC(C)CN)n1. The van der Waals surface area contributed by atoms with Crippen LogP contribution in [0, 0.1) is 12.8 Å². The molecule has 0 aliphatic carbocycles. The van der Waals surface area contributed by atoms with E-state index in [1.54, 1.807) is 0 Å². The van der Waals surface area contributed by atoms with Crippen LogP contribution in [-0.2, 0) is 6.54 Å². The monoisotopic (exact) mass is 207 g/mol. The topological polar surface area (TPSA) is 42.1 Å². The van der Waals surface area contributed by atoms with E-state index in [0.717, 1.165) is 31.0 Å². The van der Waals surface area contributed by atoms with Crippen LogP contribution in [0.15, 0.2) is 18.2 Å². The molecule has 1 unspecified atom stereocenters. The van der Waals surface area contributed by atoms with E-state index in [1.165, 1.54) is 0 Å². The number of pyridine rings is 1. The first-order valence-electron chi connectivity index (χ1n) is 5.43. The molecular formula is C12H21N3. The summed E-state index contributed by atoms with van der Waals surface area (Å²) in [6.45, 7) is 6.84. The molecule has 84 valence electrons. The smallest absolute Gasteiger partial charge is 0.0547 e. The summed E-state index contributed by atoms with van der Waals surface area (Å²) < 4.78 is 0. The molecule has 0 saturated heterocycles. The molecular weight excluding hydrogens is 186 g/mol. The summed E-state index contributed by atoms with van der Waals surface area (Å²) in [6, 6.07) is 6.14. The molecule has 1 aromatic rings. The number of aromatic nitrogens is 1. The van der Waals surface area contributed by atoms with Crippen molar-refractivity contribution in [2.75, 3.05) is 20.1 Å². The van der Waals surface area contributed by atoms with Gasteiger partial charge in [-0.1, -0.05) is 13.0 Å². The number of rotatable bonds is 5. The van der Waals surface area contributed by atoms with Crippen molar-refractivity contribution in [3.05, 3.63) is 29.6 Å². The van der Waals surface area contributed by atoms with Crippen LogP contribution in [0.3, 0.4) is 0 Å². The molecule has 0 aromatic carbocycles. The van der Waals surface area contributed by atoms with Crippen molar-refractivity contribution in [1.82, 2.24) is 9.88 Å². The Balaban J connectivity index is 2.47. The van der Waals surface area contributed by atoms with E-state index >= 15 is 0 Å². The van der Waals surface area contributed by atoms with E-state index in [2.05, 4.69) is 36.0 Å². The summed E-state index contributed by atoms with van der Waals surface area (Å²) in [7, 11) is 2.11. The summed E-state index contributed by atoms with van der Waals surface area (Å²) in [5, 5.41) is 0. The zero-order chi connectivity index (χ0) is 11.3. The number of nitrogens with two attached hydrogens (primary N) is 1. The second-order valence-corrected chi connectivity index (χ2v) is 4.31. The van der Waals surface area contributed by atoms with E-state index in [9.17, 15) is 0 Å². The first kappa shape index (κ1) is 12.1. The first-order valence-corrected chi connectivity index (χ1v) is 5.43. The fourth-order valence-corrected chi connectivity index (χ4v) is 1.64. The van der Waals surface area contributed by atoms with Crippen molar-refractivity contribution in [3.8, 4) is 0 Å². The van der Waals surface area contributed by atoms with E-state index in [-0.39, 0.29) is 0 Å². The first-order chi connectivity index (χ1) is 7.11. The third-order valence-electron chi connectivity index (χ3n) is 2.40. The lowest BCUT2D eigenvalue weighted by atomic mass is 10.1. The van der Waals surface area contributed by atoms with Crippen molar-refractivity contribution in [2.24, 2.45) is 11.7 Å². The number of hydrogen-bond donors (Lipinski definition) is 1. The lowest BCUT2D eigenvalue weighted by molar-refractivity contribution is 0.279. The highest BCUT2D eigenvalue weighted by Gasteiger charge is 2.05. The third kappa shape index (κ3) is 4.40. The summed E-state index contributed by atoms with van der Waals surface area (Å²) >= 11 is 0. The summed E-state index contributed by atoms with van der Waals surface area (Å²) in [5.41, 5.74) is 7.80. The Morgan fingerprint density at radius 3 is 2.80 bits per heavy atom. The Bertz CT molecular complexity index is 299. The highest BCUT2D eigenvalue weighted by molar-refractivity contribution is 5.09. The van der Waals surface area contributed by atoms with Crippen molar-refractivity contribution >= 4 is 0 Å². The van der Waals surface area contributed by atoms with Crippen LogP contribution in [0.1, 0.15) is 18.3 Å². The molecule has 3 nitrogen and oxygen atoms in total. The molecule has 0 amide bonds. The second-order valence-electron chi connectivity index (χ2n) is 4.31. The maximum Gasteiger partial charge on any atom is 0.0547 e. The minimum absolute atomic E-state index is 0.541. The van der Waals surface area contributed by atoms with Gasteiger partial charge in [-0.05, 0) is 38.6 Å². The van der Waals surface area contributed by atoms with E-state index < -0.39 is 0 Å². The van der Waals surface area contributed by atoms with E-state index in [4.69, 9.17) is 5.73 Å². The van der Waals surface area contributed by atoms with Crippen molar-refractivity contribution in [2.45, 2.75) is 20.4 Å². The minimum atomic E-state index is 0.541. The van der Waals surface area contributed by atoms with Gasteiger partial charge in [0.1, 0.15) is 0 Å². The van der Waals surface area contributed by atoms with Gasteiger partial charge in [-0.25, -0.2) is 0 Å². The number of nitrogens with zero attached hydrogens (tertiary/aromatic N) is 2. The molecule has 0 spiro atoms. The summed E-state index contributed by atoms with van der Waals surface area (Å²) in [4.78, 5) is 6.74. The van der Waals surface area contributed by atoms with Gasteiger partial charge in [0, 0.05) is 18.8 Å². The van der Waals surface area contributed by atoms with Crippen LogP contribution in [0.25, 0.3) is 0 Å². The maximum absolute atomic E-state index is 5.60. The highest BCUT2D eigenvalue weighted by atomic mass is 15.1. The molecule has 0 saturated carbocycles. The number of aryl methyl sites for hydroxylation is 1. The lowest BCUT2D eigenvalue weighted by Gasteiger charge is -2.19. The third-order valence-corrected chi connectivity index (χ3v) is 2.40. The van der Waals surface area contributed by atoms with Gasteiger partial charge in [0.25, 0.3) is 0 Å². The predicted molar refractivity (Wildman–Crippen MR) is 63.5 cm³/mol. The molecule has 1 atom stereocenters. The molecule has 2 N–H and O–H groups in total. The molecule has 0 radical (unpaired) electrons. The fourth-order valence-electron chi connectivity index (χ4n) is 1.64. The molecule has 1 aromatic heterocycles. The molecule has 15 heavy (non-hydrogen) atoms. The molecule has 1 heterocycles. The van der Waals surface area contributed by atoms with Gasteiger partial charge >= 0.3 is 0 Å². The van der Waals surface area contributed by atoms with Crippen LogP contribution < -0.4 is 5.73 Å². The Hall–Kier alpha value is -0.930. The Labute approximate surface area is 92.3 Å². The molecule has 0 fully saturated rings. The Morgan fingerprint density at radius 1 is 1.47 bits per heavy atom. The lowest BCUT2D eigenvalue weighted by Crippen LogP contribution is -2.28. The van der Waals surface area contributed by atoms with Gasteiger partial charge in [-0.2, -0.15) is 0 Å². The molecule has 1 rings (SSSR count). The van der Waals surface area contributed by atoms with Gasteiger partial charge in [0.15, 0.2) is 0 Å². The second kappa shape index (κ2) is 5.83. The molecule has 0 aliphatic rings. The van der Waals surface area contributed by atoms with Gasteiger partial charge in [0.05, 0.1) is 5.69 Å². The number of hydrogen-bond acceptors (Lipinski definition) is 3. The van der Waals surface area contributed by atoms with Crippen molar-refractivity contribution in [1.29, 1.82) is 0 Å². The molecule has 0 bridgehead atoms. The highest BCUT2D eigenvalue weighted by Crippen LogP contribution is 2.03. The van der Waals surface area contributed by atoms with Gasteiger partial charge in [-0.15, -0.1) is 0 Å². The zero-order valence-corrected chi connectivity index (χ0v) is 9.90. The average molecular weight is 207 g/mol. The van der Waals surface area contributed by atoms with Crippen LogP contribution in [0.2, 0.25) is 0 Å². The largest absolute Gasteiger partial charge is 0.330 e. The van der Waals surface area contributed by atoms with E-state index in [0.29, 0.717) is 5.92 Å². The van der Waals surface area contributed by atoms with E-state index in [1.807, 2.05) is 13.0 Å². The summed E-state index contributed by atoms with van der Waals surface area (Å²) in [6.07, 6.45) is 0. The van der Waals surface area contributed by atoms with Crippen LogP contribution in [0.5, 0.6) is 0 Å². The fraction of sp³-hybridized carbons (Fsp3) is 0.583.